The summed E-state index contributed by atoms with van der Waals surface area (Å²) in [7, 11) is 3.99. The Morgan fingerprint density at radius 1 is 1.32 bits per heavy atom. The average Bonchev–Trinajstić information content (AvgIpc) is 2.72. The van der Waals surface area contributed by atoms with E-state index in [2.05, 4.69) is 9.88 Å². The first-order valence-corrected chi connectivity index (χ1v) is 6.84. The number of H-pyrrole nitrogens is 1. The number of fused-ring (bicyclic) bond motifs is 3. The van der Waals surface area contributed by atoms with Crippen LogP contribution in [0.15, 0.2) is 28.4 Å². The molecule has 0 aliphatic carbocycles. The van der Waals surface area contributed by atoms with E-state index in [-0.39, 0.29) is 11.3 Å². The quantitative estimate of drug-likeness (QED) is 0.755. The maximum atomic E-state index is 12.0. The normalized spacial score (nSPS) is 11.7. The lowest BCUT2D eigenvalue weighted by molar-refractivity contribution is 0.404. The van der Waals surface area contributed by atoms with Gasteiger partial charge in [0.05, 0.1) is 5.39 Å². The fourth-order valence-corrected chi connectivity index (χ4v) is 3.33. The van der Waals surface area contributed by atoms with E-state index in [9.17, 15) is 9.90 Å². The highest BCUT2D eigenvalue weighted by Crippen LogP contribution is 2.34. The van der Waals surface area contributed by atoms with Crippen LogP contribution in [-0.2, 0) is 6.54 Å². The van der Waals surface area contributed by atoms with Crippen molar-refractivity contribution in [3.63, 3.8) is 0 Å². The van der Waals surface area contributed by atoms with Crippen molar-refractivity contribution >= 4 is 32.3 Å². The van der Waals surface area contributed by atoms with Gasteiger partial charge < -0.3 is 15.0 Å². The van der Waals surface area contributed by atoms with Crippen LogP contribution in [0.5, 0.6) is 5.75 Å². The van der Waals surface area contributed by atoms with Gasteiger partial charge in [0.2, 0.25) is 0 Å². The Kier molecular flexibility index (Phi) is 2.80. The molecule has 0 atom stereocenters. The van der Waals surface area contributed by atoms with E-state index in [0.29, 0.717) is 10.8 Å². The zero-order chi connectivity index (χ0) is 13.6. The van der Waals surface area contributed by atoms with E-state index in [0.717, 1.165) is 22.3 Å². The van der Waals surface area contributed by atoms with Crippen LogP contribution in [0, 0.1) is 0 Å². The zero-order valence-electron chi connectivity index (χ0n) is 10.7. The largest absolute Gasteiger partial charge is 0.507 e. The van der Waals surface area contributed by atoms with E-state index in [1.807, 2.05) is 19.5 Å². The minimum Gasteiger partial charge on any atom is -0.507 e. The number of hydrogen-bond donors (Lipinski definition) is 2. The molecule has 98 valence electrons. The number of thiophene rings is 1. The van der Waals surface area contributed by atoms with Crippen LogP contribution in [0.2, 0.25) is 0 Å². The Morgan fingerprint density at radius 3 is 2.84 bits per heavy atom. The lowest BCUT2D eigenvalue weighted by Crippen LogP contribution is -2.11. The second kappa shape index (κ2) is 4.36. The van der Waals surface area contributed by atoms with E-state index in [1.165, 1.54) is 11.3 Å². The lowest BCUT2D eigenvalue weighted by Gasteiger charge is -2.10. The molecule has 3 aromatic rings. The Morgan fingerprint density at radius 2 is 2.11 bits per heavy atom. The molecule has 0 unspecified atom stereocenters. The SMILES string of the molecule is CN(C)Cc1csc2[nH]c(=O)c3cccc(O)c3c12. The number of aromatic amines is 1. The van der Waals surface area contributed by atoms with Crippen LogP contribution in [0.4, 0.5) is 0 Å². The van der Waals surface area contributed by atoms with Gasteiger partial charge in [-0.2, -0.15) is 0 Å². The maximum absolute atomic E-state index is 12.0. The number of benzene rings is 1. The standard InChI is InChI=1S/C14H14N2O2S/c1-16(2)6-8-7-19-14-11(8)12-9(13(18)15-14)4-3-5-10(12)17/h3-5,7,17H,6H2,1-2H3,(H,15,18). The number of phenolic OH excluding ortho intramolecular Hbond substituents is 1. The van der Waals surface area contributed by atoms with Crippen molar-refractivity contribution in [2.24, 2.45) is 0 Å². The Balaban J connectivity index is 2.48. The molecule has 0 saturated carbocycles. The van der Waals surface area contributed by atoms with Crippen LogP contribution in [-0.4, -0.2) is 29.1 Å². The van der Waals surface area contributed by atoms with Crippen LogP contribution in [0.3, 0.4) is 0 Å². The number of nitrogens with zero attached hydrogens (tertiary/aromatic N) is 1. The molecule has 0 spiro atoms. The van der Waals surface area contributed by atoms with E-state index in [1.54, 1.807) is 18.2 Å². The summed E-state index contributed by atoms with van der Waals surface area (Å²) in [5.41, 5.74) is 0.962. The smallest absolute Gasteiger partial charge is 0.257 e. The highest BCUT2D eigenvalue weighted by atomic mass is 32.1. The third kappa shape index (κ3) is 1.91. The van der Waals surface area contributed by atoms with Gasteiger partial charge in [0.1, 0.15) is 10.6 Å². The van der Waals surface area contributed by atoms with Crippen LogP contribution in [0.1, 0.15) is 5.56 Å². The number of pyridine rings is 1. The summed E-state index contributed by atoms with van der Waals surface area (Å²) < 4.78 is 0. The first kappa shape index (κ1) is 12.2. The molecule has 0 bridgehead atoms. The molecule has 5 heteroatoms. The number of phenols is 1. The highest BCUT2D eigenvalue weighted by molar-refractivity contribution is 7.17. The molecule has 2 aromatic heterocycles. The number of nitrogens with one attached hydrogen (secondary N) is 1. The summed E-state index contributed by atoms with van der Waals surface area (Å²) in [5, 5.41) is 14.3. The zero-order valence-corrected chi connectivity index (χ0v) is 11.5. The summed E-state index contributed by atoms with van der Waals surface area (Å²) in [6.45, 7) is 0.773. The molecule has 19 heavy (non-hydrogen) atoms. The van der Waals surface area contributed by atoms with E-state index < -0.39 is 0 Å². The van der Waals surface area contributed by atoms with Gasteiger partial charge in [-0.05, 0) is 37.2 Å². The molecule has 0 fully saturated rings. The fourth-order valence-electron chi connectivity index (χ4n) is 2.38. The summed E-state index contributed by atoms with van der Waals surface area (Å²) in [4.78, 5) is 17.8. The second-order valence-corrected chi connectivity index (χ2v) is 5.74. The predicted octanol–water partition coefficient (Wildman–Crippen LogP) is 2.51. The summed E-state index contributed by atoms with van der Waals surface area (Å²) >= 11 is 1.50. The van der Waals surface area contributed by atoms with Crippen molar-refractivity contribution in [3.8, 4) is 5.75 Å². The first-order chi connectivity index (χ1) is 9.08. The van der Waals surface area contributed by atoms with E-state index >= 15 is 0 Å². The Bertz CT molecular complexity index is 817. The van der Waals surface area contributed by atoms with Crippen molar-refractivity contribution in [2.75, 3.05) is 14.1 Å². The molecular formula is C14H14N2O2S. The maximum Gasteiger partial charge on any atom is 0.257 e. The number of aromatic nitrogens is 1. The van der Waals surface area contributed by atoms with Gasteiger partial charge in [-0.25, -0.2) is 0 Å². The van der Waals surface area contributed by atoms with Crippen molar-refractivity contribution in [1.82, 2.24) is 9.88 Å². The van der Waals surface area contributed by atoms with Crippen molar-refractivity contribution < 1.29 is 5.11 Å². The molecule has 0 saturated heterocycles. The predicted molar refractivity (Wildman–Crippen MR) is 79.0 cm³/mol. The summed E-state index contributed by atoms with van der Waals surface area (Å²) in [6.07, 6.45) is 0. The van der Waals surface area contributed by atoms with Crippen LogP contribution >= 0.6 is 11.3 Å². The molecular weight excluding hydrogens is 260 g/mol. The number of aromatic hydroxyl groups is 1. The van der Waals surface area contributed by atoms with Gasteiger partial charge in [-0.1, -0.05) is 6.07 Å². The van der Waals surface area contributed by atoms with Crippen molar-refractivity contribution in [2.45, 2.75) is 6.54 Å². The molecule has 0 aliphatic rings. The molecule has 0 amide bonds. The molecule has 4 nitrogen and oxygen atoms in total. The first-order valence-electron chi connectivity index (χ1n) is 5.96. The fraction of sp³-hybridized carbons (Fsp3) is 0.214. The van der Waals surface area contributed by atoms with Gasteiger partial charge >= 0.3 is 0 Å². The Hall–Kier alpha value is -1.85. The lowest BCUT2D eigenvalue weighted by atomic mass is 10.1. The molecule has 0 radical (unpaired) electrons. The minimum atomic E-state index is -0.156. The average molecular weight is 274 g/mol. The summed E-state index contributed by atoms with van der Waals surface area (Å²) in [5.74, 6) is 0.159. The monoisotopic (exact) mass is 274 g/mol. The number of hydrogen-bond acceptors (Lipinski definition) is 4. The molecule has 1 aromatic carbocycles. The van der Waals surface area contributed by atoms with Crippen molar-refractivity contribution in [3.05, 3.63) is 39.5 Å². The highest BCUT2D eigenvalue weighted by Gasteiger charge is 2.14. The molecule has 2 N–H and O–H groups in total. The topological polar surface area (TPSA) is 56.3 Å². The van der Waals surface area contributed by atoms with Gasteiger partial charge in [0.15, 0.2) is 0 Å². The van der Waals surface area contributed by atoms with Gasteiger partial charge in [-0.3, -0.25) is 4.79 Å². The third-order valence-electron chi connectivity index (χ3n) is 3.12. The minimum absolute atomic E-state index is 0.156. The van der Waals surface area contributed by atoms with Crippen LogP contribution < -0.4 is 5.56 Å². The summed E-state index contributed by atoms with van der Waals surface area (Å²) in [6, 6.07) is 5.06. The number of rotatable bonds is 2. The molecule has 3 rings (SSSR count). The van der Waals surface area contributed by atoms with Gasteiger partial charge in [-0.15, -0.1) is 11.3 Å². The van der Waals surface area contributed by atoms with Gasteiger partial charge in [0.25, 0.3) is 5.56 Å². The molecule has 0 aliphatic heterocycles. The third-order valence-corrected chi connectivity index (χ3v) is 4.06. The van der Waals surface area contributed by atoms with Crippen molar-refractivity contribution in [1.29, 1.82) is 0 Å². The second-order valence-electron chi connectivity index (χ2n) is 4.86. The van der Waals surface area contributed by atoms with Crippen LogP contribution in [0.25, 0.3) is 21.0 Å². The van der Waals surface area contributed by atoms with E-state index in [4.69, 9.17) is 0 Å². The van der Waals surface area contributed by atoms with Gasteiger partial charge in [0, 0.05) is 17.3 Å². The molecule has 2 heterocycles. The Labute approximate surface area is 113 Å².